The molecule has 0 radical (unpaired) electrons. The van der Waals surface area contributed by atoms with Crippen LogP contribution in [0.3, 0.4) is 0 Å². The molecule has 0 spiro atoms. The molecule has 0 saturated heterocycles. The van der Waals surface area contributed by atoms with Crippen molar-refractivity contribution in [2.75, 3.05) is 13.2 Å². The first-order valence-corrected chi connectivity index (χ1v) is 11.5. The predicted octanol–water partition coefficient (Wildman–Crippen LogP) is 4.27. The Morgan fingerprint density at radius 3 is 2.97 bits per heavy atom. The Balaban J connectivity index is 1.41. The molecule has 0 N–H and O–H groups in total. The average molecular weight is 461 g/mol. The molecule has 2 aliphatic heterocycles. The molecule has 5 rings (SSSR count). The number of hydrogen-bond donors (Lipinski definition) is 0. The zero-order chi connectivity index (χ0) is 21.5. The highest BCUT2D eigenvalue weighted by Crippen LogP contribution is 2.38. The number of nitrogens with zero attached hydrogens (tertiary/aromatic N) is 2. The van der Waals surface area contributed by atoms with Crippen molar-refractivity contribution in [1.82, 2.24) is 9.55 Å². The summed E-state index contributed by atoms with van der Waals surface area (Å²) in [5, 5.41) is 0.935. The van der Waals surface area contributed by atoms with E-state index in [0.29, 0.717) is 62.5 Å². The summed E-state index contributed by atoms with van der Waals surface area (Å²) in [6.45, 7) is 3.38. The van der Waals surface area contributed by atoms with Gasteiger partial charge >= 0.3 is 5.97 Å². The third kappa shape index (κ3) is 3.68. The fourth-order valence-electron chi connectivity index (χ4n) is 4.07. The van der Waals surface area contributed by atoms with Crippen molar-refractivity contribution in [3.8, 4) is 11.5 Å². The third-order valence-corrected chi connectivity index (χ3v) is 7.07. The van der Waals surface area contributed by atoms with Crippen molar-refractivity contribution in [2.24, 2.45) is 0 Å². The number of esters is 1. The Kier molecular flexibility index (Phi) is 5.35. The predicted molar refractivity (Wildman–Crippen MR) is 118 cm³/mol. The van der Waals surface area contributed by atoms with E-state index in [1.54, 1.807) is 23.6 Å². The van der Waals surface area contributed by atoms with Gasteiger partial charge in [0, 0.05) is 13.0 Å². The molecule has 3 aromatic rings. The van der Waals surface area contributed by atoms with Crippen LogP contribution in [0.4, 0.5) is 0 Å². The fraction of sp³-hybridized carbons (Fsp3) is 0.409. The second-order valence-corrected chi connectivity index (χ2v) is 9.12. The SMILES string of the molecule is Cc1c(C(=O)OCc2cc(Cl)c3c(c2)OCCO3)sc2nc3n(c(=O)c12)CCCCC3. The van der Waals surface area contributed by atoms with E-state index < -0.39 is 5.97 Å². The number of aromatic nitrogens is 2. The molecule has 9 heteroatoms. The highest BCUT2D eigenvalue weighted by molar-refractivity contribution is 7.20. The molecule has 0 unspecified atom stereocenters. The van der Waals surface area contributed by atoms with E-state index in [1.165, 1.54) is 11.3 Å². The number of carbonyl (C=O) groups is 1. The molecule has 0 fully saturated rings. The van der Waals surface area contributed by atoms with Gasteiger partial charge in [0.15, 0.2) is 11.5 Å². The monoisotopic (exact) mass is 460 g/mol. The number of fused-ring (bicyclic) bond motifs is 3. The van der Waals surface area contributed by atoms with Crippen LogP contribution in [0.15, 0.2) is 16.9 Å². The maximum atomic E-state index is 13.1. The van der Waals surface area contributed by atoms with Gasteiger partial charge in [-0.25, -0.2) is 9.78 Å². The van der Waals surface area contributed by atoms with Crippen molar-refractivity contribution >= 4 is 39.1 Å². The first kappa shape index (κ1) is 20.3. The molecule has 1 aromatic carbocycles. The molecule has 4 heterocycles. The standard InChI is InChI=1S/C22H21ClN2O5S/c1-12-17-20(24-16-5-3-2-4-6-25(16)21(17)26)31-19(12)22(27)30-11-13-9-14(23)18-15(10-13)28-7-8-29-18/h9-10H,2-8,11H2,1H3. The molecule has 0 aliphatic carbocycles. The normalized spacial score (nSPS) is 15.4. The lowest BCUT2D eigenvalue weighted by Gasteiger charge is -2.20. The molecule has 0 atom stereocenters. The minimum absolute atomic E-state index is 0.0335. The number of ether oxygens (including phenoxy) is 3. The Morgan fingerprint density at radius 1 is 1.26 bits per heavy atom. The molecule has 7 nitrogen and oxygen atoms in total. The lowest BCUT2D eigenvalue weighted by atomic mass is 10.2. The summed E-state index contributed by atoms with van der Waals surface area (Å²) in [5.74, 6) is 1.38. The molecule has 0 amide bonds. The molecule has 2 aliphatic rings. The average Bonchev–Trinajstić information content (AvgIpc) is 2.93. The lowest BCUT2D eigenvalue weighted by molar-refractivity contribution is 0.0477. The van der Waals surface area contributed by atoms with Gasteiger partial charge in [0.05, 0.1) is 10.4 Å². The molecule has 2 aromatic heterocycles. The van der Waals surface area contributed by atoms with Crippen molar-refractivity contribution in [3.05, 3.63) is 49.3 Å². The minimum Gasteiger partial charge on any atom is -0.486 e. The van der Waals surface area contributed by atoms with Gasteiger partial charge < -0.3 is 14.2 Å². The van der Waals surface area contributed by atoms with Crippen LogP contribution < -0.4 is 15.0 Å². The second kappa shape index (κ2) is 8.16. The maximum Gasteiger partial charge on any atom is 0.349 e. The van der Waals surface area contributed by atoms with Gasteiger partial charge in [-0.05, 0) is 43.0 Å². The number of hydrogen-bond acceptors (Lipinski definition) is 7. The van der Waals surface area contributed by atoms with Crippen molar-refractivity contribution < 1.29 is 19.0 Å². The molecular weight excluding hydrogens is 440 g/mol. The molecular formula is C22H21ClN2O5S. The number of rotatable bonds is 3. The summed E-state index contributed by atoms with van der Waals surface area (Å²) in [7, 11) is 0. The Bertz CT molecular complexity index is 1250. The van der Waals surface area contributed by atoms with Crippen LogP contribution >= 0.6 is 22.9 Å². The Hall–Kier alpha value is -2.58. The number of benzene rings is 1. The van der Waals surface area contributed by atoms with Crippen molar-refractivity contribution in [2.45, 2.75) is 45.8 Å². The topological polar surface area (TPSA) is 79.7 Å². The van der Waals surface area contributed by atoms with Crippen LogP contribution in [-0.2, 0) is 24.3 Å². The molecule has 31 heavy (non-hydrogen) atoms. The summed E-state index contributed by atoms with van der Waals surface area (Å²) in [4.78, 5) is 31.6. The zero-order valence-electron chi connectivity index (χ0n) is 17.0. The summed E-state index contributed by atoms with van der Waals surface area (Å²) < 4.78 is 18.4. The molecule has 0 saturated carbocycles. The summed E-state index contributed by atoms with van der Waals surface area (Å²) in [5.41, 5.74) is 1.27. The van der Waals surface area contributed by atoms with E-state index in [2.05, 4.69) is 0 Å². The first-order chi connectivity index (χ1) is 15.0. The third-order valence-electron chi connectivity index (χ3n) is 5.62. The van der Waals surface area contributed by atoms with Gasteiger partial charge in [-0.15, -0.1) is 11.3 Å². The van der Waals surface area contributed by atoms with Crippen LogP contribution in [0.5, 0.6) is 11.5 Å². The van der Waals surface area contributed by atoms with E-state index in [9.17, 15) is 9.59 Å². The number of carbonyl (C=O) groups excluding carboxylic acids is 1. The number of aryl methyl sites for hydroxylation is 2. The molecule has 162 valence electrons. The van der Waals surface area contributed by atoms with Gasteiger partial charge in [0.1, 0.15) is 35.4 Å². The summed E-state index contributed by atoms with van der Waals surface area (Å²) in [6.07, 6.45) is 3.87. The van der Waals surface area contributed by atoms with Gasteiger partial charge in [-0.2, -0.15) is 0 Å². The largest absolute Gasteiger partial charge is 0.486 e. The van der Waals surface area contributed by atoms with Crippen molar-refractivity contribution in [1.29, 1.82) is 0 Å². The van der Waals surface area contributed by atoms with Crippen LogP contribution in [0.25, 0.3) is 10.2 Å². The Labute approximate surface area is 187 Å². The van der Waals surface area contributed by atoms with E-state index in [4.69, 9.17) is 30.8 Å². The number of halogens is 1. The second-order valence-electron chi connectivity index (χ2n) is 7.71. The van der Waals surface area contributed by atoms with Crippen LogP contribution in [-0.4, -0.2) is 28.7 Å². The zero-order valence-corrected chi connectivity index (χ0v) is 18.6. The van der Waals surface area contributed by atoms with Crippen LogP contribution in [0, 0.1) is 6.92 Å². The van der Waals surface area contributed by atoms with Crippen LogP contribution in [0.1, 0.15) is 45.9 Å². The van der Waals surface area contributed by atoms with Crippen LogP contribution in [0.2, 0.25) is 5.02 Å². The highest BCUT2D eigenvalue weighted by Gasteiger charge is 2.23. The van der Waals surface area contributed by atoms with Crippen molar-refractivity contribution in [3.63, 3.8) is 0 Å². The van der Waals surface area contributed by atoms with Gasteiger partial charge in [0.25, 0.3) is 5.56 Å². The highest BCUT2D eigenvalue weighted by atomic mass is 35.5. The van der Waals surface area contributed by atoms with Gasteiger partial charge in [0.2, 0.25) is 0 Å². The maximum absolute atomic E-state index is 13.1. The van der Waals surface area contributed by atoms with Gasteiger partial charge in [-0.3, -0.25) is 9.36 Å². The first-order valence-electron chi connectivity index (χ1n) is 10.3. The van der Waals surface area contributed by atoms with E-state index >= 15 is 0 Å². The summed E-state index contributed by atoms with van der Waals surface area (Å²) >= 11 is 7.48. The Morgan fingerprint density at radius 2 is 2.10 bits per heavy atom. The fourth-order valence-corrected chi connectivity index (χ4v) is 5.44. The minimum atomic E-state index is -0.480. The molecule has 0 bridgehead atoms. The quantitative estimate of drug-likeness (QED) is 0.543. The number of thiophene rings is 1. The smallest absolute Gasteiger partial charge is 0.349 e. The van der Waals surface area contributed by atoms with E-state index in [-0.39, 0.29) is 12.2 Å². The summed E-state index contributed by atoms with van der Waals surface area (Å²) in [6, 6.07) is 3.46. The van der Waals surface area contributed by atoms with Gasteiger partial charge in [-0.1, -0.05) is 18.0 Å². The van der Waals surface area contributed by atoms with E-state index in [1.807, 2.05) is 0 Å². The van der Waals surface area contributed by atoms with E-state index in [0.717, 1.165) is 31.5 Å². The lowest BCUT2D eigenvalue weighted by Crippen LogP contribution is -2.24.